The van der Waals surface area contributed by atoms with Crippen molar-refractivity contribution in [1.29, 1.82) is 0 Å². The molecule has 1 N–H and O–H groups in total. The van der Waals surface area contributed by atoms with E-state index in [1.807, 2.05) is 19.9 Å². The maximum Gasteiger partial charge on any atom is 0.403 e. The lowest BCUT2D eigenvalue weighted by atomic mass is 9.80. The molecule has 3 aliphatic rings. The van der Waals surface area contributed by atoms with Crippen LogP contribution in [-0.4, -0.2) is 75.5 Å². The van der Waals surface area contributed by atoms with E-state index in [0.29, 0.717) is 75.7 Å². The molecule has 0 radical (unpaired) electrons. The van der Waals surface area contributed by atoms with E-state index in [1.165, 1.54) is 11.8 Å². The number of urea groups is 1. The van der Waals surface area contributed by atoms with Crippen molar-refractivity contribution < 1.29 is 26.9 Å². The molecule has 12 heteroatoms. The summed E-state index contributed by atoms with van der Waals surface area (Å²) in [7, 11) is 0. The van der Waals surface area contributed by atoms with Gasteiger partial charge in [0, 0.05) is 30.6 Å². The topological polar surface area (TPSA) is 87.4 Å². The van der Waals surface area contributed by atoms with Crippen LogP contribution >= 0.6 is 0 Å². The van der Waals surface area contributed by atoms with Crippen molar-refractivity contribution in [3.8, 4) is 0 Å². The molecule has 1 saturated carbocycles. The van der Waals surface area contributed by atoms with Gasteiger partial charge in [0.1, 0.15) is 12.2 Å². The minimum absolute atomic E-state index is 0.0330. The smallest absolute Gasteiger partial charge is 0.339 e. The Labute approximate surface area is 219 Å². The normalized spacial score (nSPS) is 25.3. The van der Waals surface area contributed by atoms with Gasteiger partial charge in [-0.1, -0.05) is 12.1 Å². The van der Waals surface area contributed by atoms with E-state index in [1.54, 1.807) is 11.1 Å². The average molecular weight is 539 g/mol. The predicted octanol–water partition coefficient (Wildman–Crippen LogP) is 5.31. The Hall–Kier alpha value is -2.76. The third-order valence-electron chi connectivity index (χ3n) is 8.52. The number of hydrogen-bond donors (Lipinski definition) is 1. The van der Waals surface area contributed by atoms with E-state index in [4.69, 9.17) is 4.52 Å². The lowest BCUT2D eigenvalue weighted by Gasteiger charge is -2.38. The van der Waals surface area contributed by atoms with E-state index in [-0.39, 0.29) is 23.3 Å². The number of pyridine rings is 1. The van der Waals surface area contributed by atoms with Crippen LogP contribution in [0.2, 0.25) is 0 Å². The molecule has 2 amide bonds. The Morgan fingerprint density at radius 3 is 2.47 bits per heavy atom. The number of halogens is 4. The van der Waals surface area contributed by atoms with Crippen molar-refractivity contribution in [3.05, 3.63) is 35.2 Å². The number of anilines is 1. The summed E-state index contributed by atoms with van der Waals surface area (Å²) in [6.45, 7) is 6.75. The summed E-state index contributed by atoms with van der Waals surface area (Å²) in [5, 5.41) is 7.15. The second kappa shape index (κ2) is 10.1. The maximum atomic E-state index is 13.4. The van der Waals surface area contributed by atoms with Gasteiger partial charge < -0.3 is 14.7 Å². The van der Waals surface area contributed by atoms with Gasteiger partial charge in [-0.2, -0.15) is 18.2 Å². The van der Waals surface area contributed by atoms with Crippen LogP contribution in [0.3, 0.4) is 0 Å². The molecule has 8 nitrogen and oxygen atoms in total. The molecule has 0 bridgehead atoms. The molecule has 5 rings (SSSR count). The molecular weight excluding hydrogens is 504 g/mol. The first-order chi connectivity index (χ1) is 18.0. The van der Waals surface area contributed by atoms with E-state index in [9.17, 15) is 22.4 Å². The fourth-order valence-electron chi connectivity index (χ4n) is 5.48. The summed E-state index contributed by atoms with van der Waals surface area (Å²) >= 11 is 0. The molecule has 3 fully saturated rings. The average Bonchev–Trinajstić information content (AvgIpc) is 3.40. The number of nitrogens with one attached hydrogen (secondary N) is 1. The van der Waals surface area contributed by atoms with Gasteiger partial charge in [0.2, 0.25) is 5.89 Å². The first kappa shape index (κ1) is 26.8. The summed E-state index contributed by atoms with van der Waals surface area (Å²) in [6, 6.07) is 0.105. The van der Waals surface area contributed by atoms with Crippen molar-refractivity contribution in [2.75, 3.05) is 31.5 Å². The molecule has 3 atom stereocenters. The number of carbonyl (C=O) groups is 1. The van der Waals surface area contributed by atoms with Crippen molar-refractivity contribution in [2.45, 2.75) is 88.5 Å². The molecule has 0 aromatic carbocycles. The van der Waals surface area contributed by atoms with Gasteiger partial charge >= 0.3 is 12.2 Å². The maximum absolute atomic E-state index is 13.4. The van der Waals surface area contributed by atoms with Crippen LogP contribution < -0.4 is 5.32 Å². The highest BCUT2D eigenvalue weighted by Crippen LogP contribution is 2.44. The Kier molecular flexibility index (Phi) is 7.12. The fraction of sp³-hybridized carbons (Fsp3) is 0.692. The molecule has 2 aromatic rings. The Balaban J connectivity index is 1.21. The molecule has 1 aliphatic carbocycles. The minimum atomic E-state index is -4.25. The monoisotopic (exact) mass is 538 g/mol. The highest BCUT2D eigenvalue weighted by molar-refractivity contribution is 5.91. The van der Waals surface area contributed by atoms with Gasteiger partial charge in [-0.05, 0) is 70.7 Å². The summed E-state index contributed by atoms with van der Waals surface area (Å²) in [4.78, 5) is 25.4. The van der Waals surface area contributed by atoms with Crippen LogP contribution in [0.15, 0.2) is 16.8 Å². The molecule has 4 heterocycles. The molecule has 2 aromatic heterocycles. The number of carbonyl (C=O) groups excluding carboxylic acids is 1. The van der Waals surface area contributed by atoms with Crippen molar-refractivity contribution in [2.24, 2.45) is 0 Å². The molecular formula is C26H34F4N6O2. The summed E-state index contributed by atoms with van der Waals surface area (Å²) in [5.41, 5.74) is 1.86. The van der Waals surface area contributed by atoms with E-state index < -0.39 is 18.4 Å². The van der Waals surface area contributed by atoms with E-state index in [2.05, 4.69) is 20.4 Å². The lowest BCUT2D eigenvalue weighted by Crippen LogP contribution is -2.47. The van der Waals surface area contributed by atoms with Crippen molar-refractivity contribution in [3.63, 3.8) is 0 Å². The zero-order valence-corrected chi connectivity index (χ0v) is 21.9. The van der Waals surface area contributed by atoms with Crippen LogP contribution in [0.4, 0.5) is 28.0 Å². The molecule has 1 unspecified atom stereocenters. The summed E-state index contributed by atoms with van der Waals surface area (Å²) in [6.07, 6.45) is -0.693. The number of nitrogens with zero attached hydrogens (tertiary/aromatic N) is 5. The molecule has 0 spiro atoms. The molecule has 38 heavy (non-hydrogen) atoms. The van der Waals surface area contributed by atoms with Crippen LogP contribution in [-0.2, 0) is 5.41 Å². The second-order valence-electron chi connectivity index (χ2n) is 11.2. The standard InChI is InChI=1S/C26H34F4N6O2/c1-15-4-9-31-21(17-5-10-35(11-6-17)16(2)26(28,29)30)20(15)32-24(37)36-12-7-25(3,8-13-36)23-33-22(38-34-23)18-14-19(18)27/h4,9,16-19H,5-8,10-14H2,1-3H3,(H,32,37)/t16?,18-,19+/m1/s1. The number of amides is 2. The zero-order valence-electron chi connectivity index (χ0n) is 21.9. The molecule has 208 valence electrons. The number of alkyl halides is 4. The highest BCUT2D eigenvalue weighted by atomic mass is 19.4. The first-order valence-electron chi connectivity index (χ1n) is 13.3. The van der Waals surface area contributed by atoms with Crippen LogP contribution in [0, 0.1) is 6.92 Å². The fourth-order valence-corrected chi connectivity index (χ4v) is 5.48. The van der Waals surface area contributed by atoms with Gasteiger partial charge in [-0.25, -0.2) is 9.18 Å². The molecule has 2 aliphatic heterocycles. The number of aryl methyl sites for hydroxylation is 1. The van der Waals surface area contributed by atoms with Gasteiger partial charge in [-0.3, -0.25) is 9.88 Å². The first-order valence-corrected chi connectivity index (χ1v) is 13.3. The van der Waals surface area contributed by atoms with Gasteiger partial charge in [-0.15, -0.1) is 0 Å². The van der Waals surface area contributed by atoms with E-state index in [0.717, 1.165) is 11.3 Å². The SMILES string of the molecule is Cc1ccnc(C2CCN(C(C)C(F)(F)F)CC2)c1NC(=O)N1CCC(C)(c2noc([C@@H]3C[C@@H]3F)n2)CC1. The Bertz CT molecular complexity index is 1150. The predicted molar refractivity (Wildman–Crippen MR) is 132 cm³/mol. The van der Waals surface area contributed by atoms with Gasteiger partial charge in [0.15, 0.2) is 5.82 Å². The Morgan fingerprint density at radius 1 is 1.21 bits per heavy atom. The number of likely N-dealkylation sites (tertiary alicyclic amines) is 2. The molecule has 2 saturated heterocycles. The van der Waals surface area contributed by atoms with Crippen molar-refractivity contribution in [1.82, 2.24) is 24.9 Å². The van der Waals surface area contributed by atoms with Gasteiger partial charge in [0.05, 0.1) is 17.3 Å². The van der Waals surface area contributed by atoms with Crippen LogP contribution in [0.25, 0.3) is 0 Å². The number of piperidine rings is 2. The van der Waals surface area contributed by atoms with E-state index >= 15 is 0 Å². The zero-order chi connectivity index (χ0) is 27.2. The lowest BCUT2D eigenvalue weighted by molar-refractivity contribution is -0.181. The number of aromatic nitrogens is 3. The quantitative estimate of drug-likeness (QED) is 0.519. The summed E-state index contributed by atoms with van der Waals surface area (Å²) in [5.74, 6) is 0.590. The van der Waals surface area contributed by atoms with Crippen LogP contribution in [0.1, 0.15) is 80.8 Å². The minimum Gasteiger partial charge on any atom is -0.339 e. The summed E-state index contributed by atoms with van der Waals surface area (Å²) < 4.78 is 58.1. The third-order valence-corrected chi connectivity index (χ3v) is 8.52. The highest BCUT2D eigenvalue weighted by Gasteiger charge is 2.45. The Morgan fingerprint density at radius 2 is 1.87 bits per heavy atom. The third kappa shape index (κ3) is 5.37. The second-order valence-corrected chi connectivity index (χ2v) is 11.2. The largest absolute Gasteiger partial charge is 0.403 e. The number of hydrogen-bond acceptors (Lipinski definition) is 6. The van der Waals surface area contributed by atoms with Crippen molar-refractivity contribution >= 4 is 11.7 Å². The van der Waals surface area contributed by atoms with Crippen LogP contribution in [0.5, 0.6) is 0 Å². The number of rotatable bonds is 5. The van der Waals surface area contributed by atoms with Gasteiger partial charge in [0.25, 0.3) is 0 Å².